The molecule has 2 rings (SSSR count). The first kappa shape index (κ1) is 11.2. The van der Waals surface area contributed by atoms with Crippen molar-refractivity contribution in [3.05, 3.63) is 29.3 Å². The van der Waals surface area contributed by atoms with Crippen LogP contribution in [0.2, 0.25) is 0 Å². The molecule has 0 N–H and O–H groups in total. The lowest BCUT2D eigenvalue weighted by atomic mass is 10.0. The zero-order valence-corrected chi connectivity index (χ0v) is 9.95. The van der Waals surface area contributed by atoms with Crippen molar-refractivity contribution in [1.29, 1.82) is 0 Å². The summed E-state index contributed by atoms with van der Waals surface area (Å²) in [7, 11) is 1.66. The normalized spacial score (nSPS) is 14.9. The van der Waals surface area contributed by atoms with Gasteiger partial charge in [0.25, 0.3) is 0 Å². The molecular weight excluding hydrogens is 200 g/mol. The second-order valence-corrected chi connectivity index (χ2v) is 4.42. The van der Waals surface area contributed by atoms with E-state index in [1.807, 2.05) is 6.07 Å². The monoisotopic (exact) mass is 218 g/mol. The van der Waals surface area contributed by atoms with E-state index in [9.17, 15) is 4.79 Å². The number of carbonyl (C=O) groups is 1. The summed E-state index contributed by atoms with van der Waals surface area (Å²) in [6.45, 7) is 2.12. The van der Waals surface area contributed by atoms with Crippen molar-refractivity contribution < 1.29 is 9.53 Å². The lowest BCUT2D eigenvalue weighted by molar-refractivity contribution is -0.119. The third-order valence-electron chi connectivity index (χ3n) is 3.15. The first-order chi connectivity index (χ1) is 7.74. The second kappa shape index (κ2) is 4.69. The zero-order chi connectivity index (χ0) is 11.5. The third-order valence-corrected chi connectivity index (χ3v) is 3.15. The maximum Gasteiger partial charge on any atom is 0.140 e. The van der Waals surface area contributed by atoms with Gasteiger partial charge in [-0.25, -0.2) is 0 Å². The van der Waals surface area contributed by atoms with Crippen molar-refractivity contribution in [3.8, 4) is 5.75 Å². The Balaban J connectivity index is 2.18. The molecule has 2 heteroatoms. The van der Waals surface area contributed by atoms with Gasteiger partial charge in [-0.05, 0) is 30.9 Å². The first-order valence-electron chi connectivity index (χ1n) is 5.93. The summed E-state index contributed by atoms with van der Waals surface area (Å²) in [5.41, 5.74) is 2.30. The van der Waals surface area contributed by atoms with Crippen LogP contribution in [0.15, 0.2) is 18.2 Å². The molecule has 0 radical (unpaired) electrons. The quantitative estimate of drug-likeness (QED) is 0.759. The standard InChI is InChI=1S/C14H18O2/c1-3-10-4-7-14(16-2)12(8-10)9-13(15)11-5-6-11/h4,7-8,11H,3,5-6,9H2,1-2H3. The molecule has 0 amide bonds. The maximum absolute atomic E-state index is 11.8. The van der Waals surface area contributed by atoms with Crippen LogP contribution < -0.4 is 4.74 Å². The molecule has 2 nitrogen and oxygen atoms in total. The highest BCUT2D eigenvalue weighted by atomic mass is 16.5. The minimum absolute atomic E-state index is 0.329. The van der Waals surface area contributed by atoms with Gasteiger partial charge in [0.2, 0.25) is 0 Å². The van der Waals surface area contributed by atoms with Gasteiger partial charge in [0.05, 0.1) is 7.11 Å². The number of rotatable bonds is 5. The van der Waals surface area contributed by atoms with E-state index in [4.69, 9.17) is 4.74 Å². The summed E-state index contributed by atoms with van der Waals surface area (Å²) in [6.07, 6.45) is 3.68. The lowest BCUT2D eigenvalue weighted by Gasteiger charge is -2.09. The smallest absolute Gasteiger partial charge is 0.140 e. The molecule has 0 aromatic heterocycles. The highest BCUT2D eigenvalue weighted by Crippen LogP contribution is 2.32. The van der Waals surface area contributed by atoms with Crippen LogP contribution >= 0.6 is 0 Å². The fourth-order valence-electron chi connectivity index (χ4n) is 1.93. The molecule has 0 unspecified atom stereocenters. The summed E-state index contributed by atoms with van der Waals surface area (Å²) in [6, 6.07) is 6.12. The van der Waals surface area contributed by atoms with Gasteiger partial charge in [0.15, 0.2) is 0 Å². The van der Waals surface area contributed by atoms with Crippen LogP contribution in [0, 0.1) is 5.92 Å². The number of ketones is 1. The van der Waals surface area contributed by atoms with Crippen LogP contribution in [0.1, 0.15) is 30.9 Å². The predicted octanol–water partition coefficient (Wildman–Crippen LogP) is 2.78. The van der Waals surface area contributed by atoms with E-state index >= 15 is 0 Å². The second-order valence-electron chi connectivity index (χ2n) is 4.42. The SMILES string of the molecule is CCc1ccc(OC)c(CC(=O)C2CC2)c1. The zero-order valence-electron chi connectivity index (χ0n) is 9.95. The van der Waals surface area contributed by atoms with Crippen molar-refractivity contribution >= 4 is 5.78 Å². The Morgan fingerprint density at radius 3 is 2.75 bits per heavy atom. The summed E-state index contributed by atoms with van der Waals surface area (Å²) in [5, 5.41) is 0. The first-order valence-corrected chi connectivity index (χ1v) is 5.93. The lowest BCUT2D eigenvalue weighted by Crippen LogP contribution is -2.06. The molecule has 1 fully saturated rings. The largest absolute Gasteiger partial charge is 0.496 e. The fourth-order valence-corrected chi connectivity index (χ4v) is 1.93. The number of aryl methyl sites for hydroxylation is 1. The van der Waals surface area contributed by atoms with E-state index < -0.39 is 0 Å². The van der Waals surface area contributed by atoms with Crippen molar-refractivity contribution in [2.45, 2.75) is 32.6 Å². The summed E-state index contributed by atoms with van der Waals surface area (Å²) in [5.74, 6) is 1.53. The highest BCUT2D eigenvalue weighted by Gasteiger charge is 2.29. The molecule has 0 heterocycles. The molecule has 0 saturated heterocycles. The molecule has 0 aliphatic heterocycles. The van der Waals surface area contributed by atoms with E-state index in [1.54, 1.807) is 7.11 Å². The number of methoxy groups -OCH3 is 1. The molecule has 0 spiro atoms. The van der Waals surface area contributed by atoms with Crippen molar-refractivity contribution in [1.82, 2.24) is 0 Å². The topological polar surface area (TPSA) is 26.3 Å². The van der Waals surface area contributed by atoms with Crippen LogP contribution in [0.25, 0.3) is 0 Å². The fraction of sp³-hybridized carbons (Fsp3) is 0.500. The van der Waals surface area contributed by atoms with E-state index in [2.05, 4.69) is 19.1 Å². The van der Waals surface area contributed by atoms with Gasteiger partial charge in [-0.2, -0.15) is 0 Å². The molecule has 1 aliphatic rings. The Hall–Kier alpha value is -1.31. The van der Waals surface area contributed by atoms with Crippen LogP contribution in [-0.2, 0) is 17.6 Å². The number of benzene rings is 1. The summed E-state index contributed by atoms with van der Waals surface area (Å²) < 4.78 is 5.29. The summed E-state index contributed by atoms with van der Waals surface area (Å²) in [4.78, 5) is 11.8. The number of ether oxygens (including phenoxy) is 1. The summed E-state index contributed by atoms with van der Waals surface area (Å²) >= 11 is 0. The van der Waals surface area contributed by atoms with E-state index in [1.165, 1.54) is 5.56 Å². The Kier molecular flexibility index (Phi) is 3.28. The molecule has 1 saturated carbocycles. The Labute approximate surface area is 96.6 Å². The molecule has 0 bridgehead atoms. The minimum atomic E-state index is 0.329. The van der Waals surface area contributed by atoms with Gasteiger partial charge in [0, 0.05) is 17.9 Å². The van der Waals surface area contributed by atoms with E-state index in [-0.39, 0.29) is 0 Å². The molecule has 1 aromatic rings. The van der Waals surface area contributed by atoms with Crippen molar-refractivity contribution in [3.63, 3.8) is 0 Å². The molecule has 16 heavy (non-hydrogen) atoms. The Morgan fingerprint density at radius 1 is 1.44 bits per heavy atom. The highest BCUT2D eigenvalue weighted by molar-refractivity contribution is 5.85. The van der Waals surface area contributed by atoms with Crippen molar-refractivity contribution in [2.24, 2.45) is 5.92 Å². The van der Waals surface area contributed by atoms with Gasteiger partial charge in [0.1, 0.15) is 11.5 Å². The number of carbonyl (C=O) groups excluding carboxylic acids is 1. The van der Waals surface area contributed by atoms with Crippen LogP contribution in [0.3, 0.4) is 0 Å². The van der Waals surface area contributed by atoms with Gasteiger partial charge >= 0.3 is 0 Å². The van der Waals surface area contributed by atoms with Crippen molar-refractivity contribution in [2.75, 3.05) is 7.11 Å². The Bertz CT molecular complexity index is 392. The van der Waals surface area contributed by atoms with Gasteiger partial charge in [-0.3, -0.25) is 4.79 Å². The van der Waals surface area contributed by atoms with E-state index in [0.29, 0.717) is 18.1 Å². The average molecular weight is 218 g/mol. The van der Waals surface area contributed by atoms with Crippen LogP contribution in [0.5, 0.6) is 5.75 Å². The van der Waals surface area contributed by atoms with E-state index in [0.717, 1.165) is 30.6 Å². The number of Topliss-reactive ketones (excluding diaryl/α,β-unsaturated/α-hetero) is 1. The molecular formula is C14H18O2. The molecule has 1 aromatic carbocycles. The average Bonchev–Trinajstić information content (AvgIpc) is 3.12. The van der Waals surface area contributed by atoms with Crippen LogP contribution in [-0.4, -0.2) is 12.9 Å². The maximum atomic E-state index is 11.8. The van der Waals surface area contributed by atoms with Gasteiger partial charge in [-0.1, -0.05) is 19.1 Å². The number of hydrogen-bond donors (Lipinski definition) is 0. The predicted molar refractivity (Wildman–Crippen MR) is 63.8 cm³/mol. The third kappa shape index (κ3) is 2.43. The number of hydrogen-bond acceptors (Lipinski definition) is 2. The van der Waals surface area contributed by atoms with Crippen LogP contribution in [0.4, 0.5) is 0 Å². The molecule has 86 valence electrons. The van der Waals surface area contributed by atoms with Gasteiger partial charge in [-0.15, -0.1) is 0 Å². The minimum Gasteiger partial charge on any atom is -0.496 e. The molecule has 0 atom stereocenters. The van der Waals surface area contributed by atoms with Gasteiger partial charge < -0.3 is 4.74 Å². The Morgan fingerprint density at radius 2 is 2.19 bits per heavy atom. The molecule has 1 aliphatic carbocycles.